The Balaban J connectivity index is 1.31. The lowest BCUT2D eigenvalue weighted by atomic mass is 9.89. The summed E-state index contributed by atoms with van der Waals surface area (Å²) in [5.74, 6) is -0.624. The summed E-state index contributed by atoms with van der Waals surface area (Å²) in [5, 5.41) is 7.56. The van der Waals surface area contributed by atoms with E-state index in [-0.39, 0.29) is 30.2 Å². The van der Waals surface area contributed by atoms with E-state index < -0.39 is 18.1 Å². The molecule has 0 fully saturated rings. The average Bonchev–Trinajstić information content (AvgIpc) is 3.47. The Morgan fingerprint density at radius 3 is 2.55 bits per heavy atom. The van der Waals surface area contributed by atoms with Gasteiger partial charge in [0.25, 0.3) is 5.91 Å². The minimum Gasteiger partial charge on any atom is -0.356 e. The summed E-state index contributed by atoms with van der Waals surface area (Å²) < 4.78 is 0. The summed E-state index contributed by atoms with van der Waals surface area (Å²) in [6.45, 7) is 4.28. The fourth-order valence-electron chi connectivity index (χ4n) is 6.06. The highest BCUT2D eigenvalue weighted by molar-refractivity contribution is 6.31. The lowest BCUT2D eigenvalue weighted by Crippen LogP contribution is -2.56. The predicted molar refractivity (Wildman–Crippen MR) is 155 cm³/mol. The van der Waals surface area contributed by atoms with Crippen LogP contribution in [-0.2, 0) is 22.6 Å². The molecular weight excluding hydrogens is 524 g/mol. The number of nitrogens with zero attached hydrogens (tertiary/aromatic N) is 1. The van der Waals surface area contributed by atoms with E-state index in [1.54, 1.807) is 11.0 Å². The molecule has 0 aliphatic carbocycles. The lowest BCUT2D eigenvalue weighted by molar-refractivity contribution is -0.132. The molecule has 3 N–H and O–H groups in total. The number of benzene rings is 3. The Kier molecular flexibility index (Phi) is 6.84. The van der Waals surface area contributed by atoms with E-state index in [0.29, 0.717) is 23.4 Å². The Labute approximate surface area is 237 Å². The van der Waals surface area contributed by atoms with E-state index in [4.69, 9.17) is 11.6 Å². The first-order chi connectivity index (χ1) is 19.3. The number of halogens is 1. The van der Waals surface area contributed by atoms with Gasteiger partial charge in [-0.1, -0.05) is 80.0 Å². The second kappa shape index (κ2) is 10.5. The molecule has 204 valence electrons. The van der Waals surface area contributed by atoms with Gasteiger partial charge in [0.15, 0.2) is 0 Å². The van der Waals surface area contributed by atoms with Gasteiger partial charge >= 0.3 is 0 Å². The Morgan fingerprint density at radius 2 is 1.75 bits per heavy atom. The van der Waals surface area contributed by atoms with Crippen molar-refractivity contribution in [1.82, 2.24) is 20.5 Å². The van der Waals surface area contributed by atoms with E-state index in [0.717, 1.165) is 33.3 Å². The molecule has 6 rings (SSSR count). The highest BCUT2D eigenvalue weighted by Crippen LogP contribution is 2.46. The predicted octanol–water partition coefficient (Wildman–Crippen LogP) is 5.14. The van der Waals surface area contributed by atoms with Gasteiger partial charge in [0.1, 0.15) is 12.1 Å². The molecule has 1 aromatic heterocycles. The van der Waals surface area contributed by atoms with Crippen molar-refractivity contribution in [3.8, 4) is 0 Å². The largest absolute Gasteiger partial charge is 0.356 e. The number of carbonyl (C=O) groups is 3. The van der Waals surface area contributed by atoms with Gasteiger partial charge in [-0.05, 0) is 47.2 Å². The summed E-state index contributed by atoms with van der Waals surface area (Å²) in [6.07, 6.45) is 0.819. The third-order valence-electron chi connectivity index (χ3n) is 7.91. The molecule has 3 atom stereocenters. The monoisotopic (exact) mass is 554 g/mol. The van der Waals surface area contributed by atoms with E-state index in [2.05, 4.69) is 15.6 Å². The molecule has 0 saturated heterocycles. The third kappa shape index (κ3) is 4.54. The van der Waals surface area contributed by atoms with Gasteiger partial charge in [0.2, 0.25) is 11.8 Å². The van der Waals surface area contributed by atoms with Gasteiger partial charge in [-0.2, -0.15) is 0 Å². The number of hydrogen-bond donors (Lipinski definition) is 3. The first-order valence-corrected chi connectivity index (χ1v) is 14.0. The standard InChI is InChI=1S/C32H31ClN4O3/c1-18(2)15-26(30(38)34-17-19-9-3-7-13-24(19)33)36-31(39)27-16-23-20-10-6-8-14-25(20)35-28(23)29-21-11-4-5-12-22(21)32(40)37(27)29/h3-14,18,26-27,29,35H,15-17H2,1-2H3,(H,34,38)(H,36,39). The maximum Gasteiger partial charge on any atom is 0.255 e. The van der Waals surface area contributed by atoms with Crippen LogP contribution in [0.4, 0.5) is 0 Å². The number of carbonyl (C=O) groups excluding carboxylic acids is 3. The quantitative estimate of drug-likeness (QED) is 0.295. The van der Waals surface area contributed by atoms with Crippen LogP contribution in [0.5, 0.6) is 0 Å². The smallest absolute Gasteiger partial charge is 0.255 e. The molecule has 3 amide bonds. The Bertz CT molecular complexity index is 1630. The average molecular weight is 555 g/mol. The SMILES string of the molecule is CC(C)CC(NC(=O)C1Cc2c([nH]c3ccccc23)C2c3ccccc3C(=O)N12)C(=O)NCc1ccccc1Cl. The van der Waals surface area contributed by atoms with Gasteiger partial charge in [0.05, 0.1) is 6.04 Å². The Morgan fingerprint density at radius 1 is 1.02 bits per heavy atom. The van der Waals surface area contributed by atoms with Gasteiger partial charge in [-0.25, -0.2) is 0 Å². The number of nitrogens with one attached hydrogen (secondary N) is 3. The molecule has 0 saturated carbocycles. The highest BCUT2D eigenvalue weighted by Gasteiger charge is 2.49. The van der Waals surface area contributed by atoms with E-state index in [1.807, 2.05) is 80.6 Å². The fraction of sp³-hybridized carbons (Fsp3) is 0.281. The van der Waals surface area contributed by atoms with Crippen LogP contribution in [0.3, 0.4) is 0 Å². The topological polar surface area (TPSA) is 94.3 Å². The van der Waals surface area contributed by atoms with Gasteiger partial charge in [-0.3, -0.25) is 14.4 Å². The summed E-state index contributed by atoms with van der Waals surface area (Å²) in [5.41, 5.74) is 5.24. The van der Waals surface area contributed by atoms with Crippen molar-refractivity contribution in [3.05, 3.63) is 106 Å². The number of amides is 3. The zero-order valence-corrected chi connectivity index (χ0v) is 23.2. The number of hydrogen-bond acceptors (Lipinski definition) is 3. The molecule has 8 heteroatoms. The molecular formula is C32H31ClN4O3. The molecule has 7 nitrogen and oxygen atoms in total. The van der Waals surface area contributed by atoms with Crippen LogP contribution in [0.2, 0.25) is 5.02 Å². The van der Waals surface area contributed by atoms with Crippen molar-refractivity contribution in [2.75, 3.05) is 0 Å². The van der Waals surface area contributed by atoms with E-state index in [9.17, 15) is 14.4 Å². The zero-order valence-electron chi connectivity index (χ0n) is 22.4. The molecule has 0 radical (unpaired) electrons. The van der Waals surface area contributed by atoms with E-state index in [1.165, 1.54) is 0 Å². The van der Waals surface area contributed by atoms with Crippen LogP contribution in [-0.4, -0.2) is 39.7 Å². The number of fused-ring (bicyclic) bond motifs is 7. The molecule has 2 aliphatic rings. The molecule has 4 aromatic rings. The van der Waals surface area contributed by atoms with Crippen molar-refractivity contribution < 1.29 is 14.4 Å². The molecule has 40 heavy (non-hydrogen) atoms. The lowest BCUT2D eigenvalue weighted by Gasteiger charge is -2.37. The maximum atomic E-state index is 14.0. The maximum absolute atomic E-state index is 14.0. The normalized spacial score (nSPS) is 18.3. The van der Waals surface area contributed by atoms with Crippen LogP contribution in [0, 0.1) is 5.92 Å². The minimum absolute atomic E-state index is 0.161. The number of H-pyrrole nitrogens is 1. The molecule has 0 bridgehead atoms. The number of para-hydroxylation sites is 1. The van der Waals surface area contributed by atoms with Crippen molar-refractivity contribution in [3.63, 3.8) is 0 Å². The number of rotatable bonds is 7. The summed E-state index contributed by atoms with van der Waals surface area (Å²) in [6, 6.07) is 21.0. The first-order valence-electron chi connectivity index (χ1n) is 13.7. The summed E-state index contributed by atoms with van der Waals surface area (Å²) >= 11 is 6.27. The molecule has 3 aromatic carbocycles. The van der Waals surface area contributed by atoms with Crippen LogP contribution in [0.25, 0.3) is 10.9 Å². The Hall–Kier alpha value is -4.10. The first kappa shape index (κ1) is 26.1. The van der Waals surface area contributed by atoms with Gasteiger partial charge < -0.3 is 20.5 Å². The van der Waals surface area contributed by atoms with Gasteiger partial charge in [0, 0.05) is 40.1 Å². The van der Waals surface area contributed by atoms with Crippen LogP contribution in [0.1, 0.15) is 59.1 Å². The van der Waals surface area contributed by atoms with Crippen LogP contribution in [0.15, 0.2) is 72.8 Å². The number of aromatic amines is 1. The summed E-state index contributed by atoms with van der Waals surface area (Å²) in [7, 11) is 0. The zero-order chi connectivity index (χ0) is 28.0. The van der Waals surface area contributed by atoms with Crippen LogP contribution >= 0.6 is 11.6 Å². The second-order valence-corrected chi connectivity index (χ2v) is 11.4. The molecule has 0 spiro atoms. The van der Waals surface area contributed by atoms with Crippen molar-refractivity contribution in [1.29, 1.82) is 0 Å². The molecule has 3 heterocycles. The highest BCUT2D eigenvalue weighted by atomic mass is 35.5. The molecule has 3 unspecified atom stereocenters. The van der Waals surface area contributed by atoms with Crippen molar-refractivity contribution in [2.45, 2.75) is 51.4 Å². The third-order valence-corrected chi connectivity index (χ3v) is 8.27. The van der Waals surface area contributed by atoms with Gasteiger partial charge in [-0.15, -0.1) is 0 Å². The molecule has 2 aliphatic heterocycles. The van der Waals surface area contributed by atoms with Crippen molar-refractivity contribution >= 4 is 40.2 Å². The second-order valence-electron chi connectivity index (χ2n) is 11.0. The van der Waals surface area contributed by atoms with Crippen molar-refractivity contribution in [2.24, 2.45) is 5.92 Å². The minimum atomic E-state index is -0.761. The summed E-state index contributed by atoms with van der Waals surface area (Å²) in [4.78, 5) is 46.3. The van der Waals surface area contributed by atoms with E-state index >= 15 is 0 Å². The number of aromatic nitrogens is 1. The fourth-order valence-corrected chi connectivity index (χ4v) is 6.26. The van der Waals surface area contributed by atoms with Crippen LogP contribution < -0.4 is 10.6 Å².